The summed E-state index contributed by atoms with van der Waals surface area (Å²) < 4.78 is 28.1. The highest BCUT2D eigenvalue weighted by molar-refractivity contribution is 7.89. The van der Waals surface area contributed by atoms with E-state index in [1.165, 1.54) is 42.6 Å². The molecule has 3 rings (SSSR count). The third-order valence-corrected chi connectivity index (χ3v) is 8.10. The maximum absolute atomic E-state index is 13.3. The first-order valence-corrected chi connectivity index (χ1v) is 12.8. The predicted molar refractivity (Wildman–Crippen MR) is 132 cm³/mol. The summed E-state index contributed by atoms with van der Waals surface area (Å²) in [6.45, 7) is 2.20. The number of hydrogen-bond donors (Lipinski definition) is 2. The molecular weight excluding hydrogens is 438 g/mol. The molecule has 1 atom stereocenters. The monoisotopic (exact) mass is 476 g/mol. The molecule has 0 bridgehead atoms. The van der Waals surface area contributed by atoms with Crippen LogP contribution in [0.4, 0.5) is 5.69 Å². The van der Waals surface area contributed by atoms with Crippen molar-refractivity contribution in [3.8, 4) is 0 Å². The highest BCUT2D eigenvalue weighted by atomic mass is 32.2. The standard InChI is InChI=1S/C23H34N3O4S.2CH2/c1-18(27)25-20-12-14-22(15-13-20)31(29,30)26-16-8-7-11-21(26)17-24-23(28)19-9-5-3-2-4-6-10-19;;/h12-15,21H,2-11,16-17H2,1H3,(H,24,28)(H,25,27);2*1H2. The van der Waals surface area contributed by atoms with Crippen LogP contribution in [0.25, 0.3) is 0 Å². The van der Waals surface area contributed by atoms with E-state index >= 15 is 0 Å². The van der Waals surface area contributed by atoms with E-state index in [1.807, 2.05) is 0 Å². The fourth-order valence-corrected chi connectivity index (χ4v) is 6.13. The van der Waals surface area contributed by atoms with E-state index in [9.17, 15) is 18.0 Å². The molecule has 2 fully saturated rings. The summed E-state index contributed by atoms with van der Waals surface area (Å²) in [5, 5.41) is 5.67. The summed E-state index contributed by atoms with van der Waals surface area (Å²) in [5.41, 5.74) is 0.560. The van der Waals surface area contributed by atoms with Crippen LogP contribution in [-0.2, 0) is 19.6 Å². The van der Waals surface area contributed by atoms with Gasteiger partial charge in [0.25, 0.3) is 0 Å². The van der Waals surface area contributed by atoms with Crippen molar-refractivity contribution in [1.29, 1.82) is 0 Å². The number of sulfonamides is 1. The molecule has 2 aliphatic rings. The summed E-state index contributed by atoms with van der Waals surface area (Å²) in [5.74, 6) is 0.743. The lowest BCUT2D eigenvalue weighted by Gasteiger charge is -2.35. The Labute approximate surface area is 200 Å². The number of piperidine rings is 1. The molecule has 1 heterocycles. The highest BCUT2D eigenvalue weighted by Crippen LogP contribution is 2.27. The van der Waals surface area contributed by atoms with Gasteiger partial charge >= 0.3 is 0 Å². The number of hydrogen-bond acceptors (Lipinski definition) is 4. The molecule has 1 aliphatic carbocycles. The number of amides is 2. The molecule has 2 N–H and O–H groups in total. The first-order valence-electron chi connectivity index (χ1n) is 11.4. The lowest BCUT2D eigenvalue weighted by molar-refractivity contribution is -0.120. The molecule has 7 nitrogen and oxygen atoms in total. The second kappa shape index (κ2) is 13.7. The molecule has 1 saturated carbocycles. The van der Waals surface area contributed by atoms with Gasteiger partial charge in [-0.05, 0) is 49.9 Å². The van der Waals surface area contributed by atoms with Crippen LogP contribution in [0.2, 0.25) is 0 Å². The lowest BCUT2D eigenvalue weighted by Crippen LogP contribution is -2.49. The van der Waals surface area contributed by atoms with E-state index in [1.54, 1.807) is 12.1 Å². The van der Waals surface area contributed by atoms with Gasteiger partial charge in [0.2, 0.25) is 21.8 Å². The summed E-state index contributed by atoms with van der Waals surface area (Å²) in [7, 11) is -3.68. The Hall–Kier alpha value is -1.93. The molecule has 0 spiro atoms. The van der Waals surface area contributed by atoms with Crippen molar-refractivity contribution >= 4 is 27.5 Å². The van der Waals surface area contributed by atoms with Crippen molar-refractivity contribution in [2.45, 2.75) is 82.1 Å². The SMILES string of the molecule is CC(=O)Nc1ccc(S(=O)(=O)N2CCCCC2CNC(=O)[C]2CCCCCCC2)cc1.[CH2].[CH2]. The maximum Gasteiger partial charge on any atom is 0.243 e. The van der Waals surface area contributed by atoms with Crippen molar-refractivity contribution in [2.75, 3.05) is 18.4 Å². The Bertz CT molecular complexity index is 847. The topological polar surface area (TPSA) is 95.6 Å². The average Bonchev–Trinajstić information content (AvgIpc) is 2.72. The van der Waals surface area contributed by atoms with Crippen LogP contribution in [0.5, 0.6) is 0 Å². The molecule has 1 aromatic carbocycles. The molecule has 1 aromatic rings. The van der Waals surface area contributed by atoms with E-state index < -0.39 is 10.0 Å². The Balaban J connectivity index is 0.00000272. The van der Waals surface area contributed by atoms with Gasteiger partial charge in [-0.25, -0.2) is 8.42 Å². The molecule has 183 valence electrons. The van der Waals surface area contributed by atoms with Crippen LogP contribution in [0, 0.1) is 20.8 Å². The predicted octanol–water partition coefficient (Wildman–Crippen LogP) is 4.28. The minimum absolute atomic E-state index is 0. The minimum Gasteiger partial charge on any atom is -0.354 e. The van der Waals surface area contributed by atoms with E-state index in [2.05, 4.69) is 10.6 Å². The number of rotatable bonds is 6. The van der Waals surface area contributed by atoms with Crippen molar-refractivity contribution < 1.29 is 18.0 Å². The Morgan fingerprint density at radius 2 is 1.55 bits per heavy atom. The Kier molecular flexibility index (Phi) is 12.1. The van der Waals surface area contributed by atoms with Gasteiger partial charge in [-0.1, -0.05) is 53.4 Å². The van der Waals surface area contributed by atoms with Crippen LogP contribution in [0.1, 0.15) is 71.1 Å². The zero-order valence-corrected chi connectivity index (χ0v) is 20.6. The zero-order chi connectivity index (χ0) is 22.3. The van der Waals surface area contributed by atoms with Gasteiger partial charge in [-0.15, -0.1) is 0 Å². The van der Waals surface area contributed by atoms with Crippen molar-refractivity contribution in [1.82, 2.24) is 9.62 Å². The van der Waals surface area contributed by atoms with Crippen LogP contribution in [0.3, 0.4) is 0 Å². The molecule has 1 unspecified atom stereocenters. The third-order valence-electron chi connectivity index (χ3n) is 6.13. The van der Waals surface area contributed by atoms with E-state index in [0.29, 0.717) is 18.8 Å². The van der Waals surface area contributed by atoms with Gasteiger partial charge in [-0.2, -0.15) is 4.31 Å². The number of carbonyl (C=O) groups is 2. The fourth-order valence-electron chi connectivity index (χ4n) is 4.44. The van der Waals surface area contributed by atoms with Crippen LogP contribution in [0.15, 0.2) is 29.2 Å². The van der Waals surface area contributed by atoms with Gasteiger partial charge in [-0.3, -0.25) is 9.59 Å². The normalized spacial score (nSPS) is 20.3. The zero-order valence-electron chi connectivity index (χ0n) is 19.8. The molecule has 2 amide bonds. The van der Waals surface area contributed by atoms with Crippen molar-refractivity contribution in [2.24, 2.45) is 0 Å². The molecular formula is C25H38N3O4S. The number of nitrogens with one attached hydrogen (secondary N) is 2. The van der Waals surface area contributed by atoms with Crippen LogP contribution in [-0.4, -0.2) is 43.7 Å². The van der Waals surface area contributed by atoms with Gasteiger partial charge in [0.05, 0.1) is 10.8 Å². The van der Waals surface area contributed by atoms with Gasteiger partial charge in [0, 0.05) is 31.7 Å². The molecule has 8 heteroatoms. The molecule has 1 saturated heterocycles. The maximum atomic E-state index is 13.3. The molecule has 0 aromatic heterocycles. The Morgan fingerprint density at radius 3 is 2.15 bits per heavy atom. The smallest absolute Gasteiger partial charge is 0.243 e. The Morgan fingerprint density at radius 1 is 0.939 bits per heavy atom. The molecule has 1 aliphatic heterocycles. The number of nitrogens with zero attached hydrogens (tertiary/aromatic N) is 1. The average molecular weight is 477 g/mol. The van der Waals surface area contributed by atoms with E-state index in [4.69, 9.17) is 0 Å². The number of benzene rings is 1. The first kappa shape index (κ1) is 29.1. The largest absolute Gasteiger partial charge is 0.354 e. The summed E-state index contributed by atoms with van der Waals surface area (Å²) in [6, 6.07) is 6.00. The van der Waals surface area contributed by atoms with Gasteiger partial charge in [0.15, 0.2) is 0 Å². The fraction of sp³-hybridized carbons (Fsp3) is 0.560. The summed E-state index contributed by atoms with van der Waals surface area (Å²) in [4.78, 5) is 24.1. The summed E-state index contributed by atoms with van der Waals surface area (Å²) >= 11 is 0. The molecule has 5 radical (unpaired) electrons. The van der Waals surface area contributed by atoms with E-state index in [0.717, 1.165) is 50.9 Å². The second-order valence-electron chi connectivity index (χ2n) is 8.55. The third kappa shape index (κ3) is 8.10. The van der Waals surface area contributed by atoms with Gasteiger partial charge in [0.1, 0.15) is 0 Å². The number of anilines is 1. The van der Waals surface area contributed by atoms with Crippen LogP contribution >= 0.6 is 0 Å². The summed E-state index contributed by atoms with van der Waals surface area (Å²) in [6.07, 6.45) is 9.89. The first-order chi connectivity index (χ1) is 14.9. The second-order valence-corrected chi connectivity index (χ2v) is 10.4. The molecule has 33 heavy (non-hydrogen) atoms. The van der Waals surface area contributed by atoms with Gasteiger partial charge < -0.3 is 10.6 Å². The van der Waals surface area contributed by atoms with E-state index in [-0.39, 0.29) is 37.6 Å². The quantitative estimate of drug-likeness (QED) is 0.641. The van der Waals surface area contributed by atoms with Crippen molar-refractivity contribution in [3.05, 3.63) is 45.0 Å². The number of carbonyl (C=O) groups excluding carboxylic acids is 2. The highest BCUT2D eigenvalue weighted by Gasteiger charge is 2.34. The minimum atomic E-state index is -3.68. The lowest BCUT2D eigenvalue weighted by atomic mass is 9.90. The van der Waals surface area contributed by atoms with Crippen LogP contribution < -0.4 is 10.6 Å². The van der Waals surface area contributed by atoms with Crippen molar-refractivity contribution in [3.63, 3.8) is 0 Å².